The minimum absolute atomic E-state index is 0. The van der Waals surface area contributed by atoms with Crippen LogP contribution in [0.3, 0.4) is 0 Å². The third kappa shape index (κ3) is 5.92. The Morgan fingerprint density at radius 3 is 2.81 bits per heavy atom. The predicted octanol–water partition coefficient (Wildman–Crippen LogP) is 0.150. The average molecular weight is 425 g/mol. The van der Waals surface area contributed by atoms with Gasteiger partial charge in [0.05, 0.1) is 12.0 Å². The van der Waals surface area contributed by atoms with Crippen molar-refractivity contribution in [2.45, 2.75) is 30.0 Å². The van der Waals surface area contributed by atoms with Gasteiger partial charge in [-0.05, 0) is 31.2 Å². The van der Waals surface area contributed by atoms with Gasteiger partial charge in [0.25, 0.3) is 10.0 Å². The zero-order chi connectivity index (χ0) is 18.4. The number of likely N-dealkylation sites (tertiary alicyclic amines) is 1. The Labute approximate surface area is 164 Å². The predicted molar refractivity (Wildman–Crippen MR) is 103 cm³/mol. The van der Waals surface area contributed by atoms with Crippen LogP contribution in [0.4, 0.5) is 0 Å². The van der Waals surface area contributed by atoms with Crippen LogP contribution in [-0.4, -0.2) is 57.4 Å². The Hall–Kier alpha value is -1.20. The molecular formula is C15H25ClN4O4S2. The fraction of sp³-hybridized carbons (Fsp3) is 0.600. The highest BCUT2D eigenvalue weighted by Gasteiger charge is 2.32. The van der Waals surface area contributed by atoms with E-state index >= 15 is 0 Å². The molecule has 1 aliphatic heterocycles. The number of hydrogen-bond donors (Lipinski definition) is 3. The first-order chi connectivity index (χ1) is 11.8. The summed E-state index contributed by atoms with van der Waals surface area (Å²) in [4.78, 5) is 26.2. The molecule has 1 aromatic heterocycles. The molecule has 2 unspecified atom stereocenters. The van der Waals surface area contributed by atoms with E-state index in [9.17, 15) is 18.0 Å². The van der Waals surface area contributed by atoms with Crippen LogP contribution in [0.1, 0.15) is 19.8 Å². The number of sulfonamides is 1. The Morgan fingerprint density at radius 1 is 1.46 bits per heavy atom. The summed E-state index contributed by atoms with van der Waals surface area (Å²) in [6.07, 6.45) is 1.41. The number of carbonyl (C=O) groups is 2. The summed E-state index contributed by atoms with van der Waals surface area (Å²) in [6.45, 7) is 3.10. The van der Waals surface area contributed by atoms with Crippen LogP contribution >= 0.6 is 23.7 Å². The zero-order valence-electron chi connectivity index (χ0n) is 14.5. The molecule has 1 aromatic rings. The van der Waals surface area contributed by atoms with Crippen LogP contribution in [0.15, 0.2) is 21.7 Å². The van der Waals surface area contributed by atoms with E-state index < -0.39 is 16.1 Å². The average Bonchev–Trinajstić information content (AvgIpc) is 3.14. The zero-order valence-corrected chi connectivity index (χ0v) is 17.0. The molecule has 0 aliphatic carbocycles. The number of nitrogens with two attached hydrogens (primary N) is 1. The van der Waals surface area contributed by atoms with Crippen LogP contribution < -0.4 is 15.8 Å². The lowest BCUT2D eigenvalue weighted by Crippen LogP contribution is -2.52. The number of rotatable bonds is 7. The van der Waals surface area contributed by atoms with Gasteiger partial charge in [-0.1, -0.05) is 6.07 Å². The smallest absolute Gasteiger partial charge is 0.250 e. The van der Waals surface area contributed by atoms with Crippen molar-refractivity contribution in [3.63, 3.8) is 0 Å². The van der Waals surface area contributed by atoms with E-state index in [0.717, 1.165) is 11.3 Å². The molecule has 11 heteroatoms. The summed E-state index contributed by atoms with van der Waals surface area (Å²) < 4.78 is 27.0. The van der Waals surface area contributed by atoms with Crippen molar-refractivity contribution < 1.29 is 18.0 Å². The van der Waals surface area contributed by atoms with Gasteiger partial charge in [0, 0.05) is 26.2 Å². The molecule has 0 bridgehead atoms. The molecule has 2 atom stereocenters. The van der Waals surface area contributed by atoms with E-state index in [1.807, 2.05) is 0 Å². The lowest BCUT2D eigenvalue weighted by atomic mass is 9.96. The molecule has 1 aliphatic rings. The van der Waals surface area contributed by atoms with Crippen LogP contribution in [-0.2, 0) is 19.6 Å². The first-order valence-corrected chi connectivity index (χ1v) is 10.5. The number of amides is 2. The Balaban J connectivity index is 0.00000338. The third-order valence-electron chi connectivity index (χ3n) is 4.01. The van der Waals surface area contributed by atoms with E-state index in [4.69, 9.17) is 5.73 Å². The van der Waals surface area contributed by atoms with E-state index in [2.05, 4.69) is 10.0 Å². The highest BCUT2D eigenvalue weighted by molar-refractivity contribution is 7.91. The summed E-state index contributed by atoms with van der Waals surface area (Å²) in [7, 11) is -3.71. The van der Waals surface area contributed by atoms with Crippen molar-refractivity contribution >= 4 is 45.6 Å². The molecule has 0 saturated carbocycles. The molecule has 8 nitrogen and oxygen atoms in total. The molecule has 2 heterocycles. The molecule has 1 fully saturated rings. The number of hydrogen-bond acceptors (Lipinski definition) is 6. The summed E-state index contributed by atoms with van der Waals surface area (Å²) in [5, 5.41) is 4.40. The van der Waals surface area contributed by atoms with Crippen molar-refractivity contribution in [3.8, 4) is 0 Å². The third-order valence-corrected chi connectivity index (χ3v) is 6.95. The summed E-state index contributed by atoms with van der Waals surface area (Å²) >= 11 is 1.09. The normalized spacial score (nSPS) is 18.7. The summed E-state index contributed by atoms with van der Waals surface area (Å²) in [6, 6.07) is 2.24. The molecule has 1 saturated heterocycles. The quantitative estimate of drug-likeness (QED) is 0.575. The number of thiophene rings is 1. The van der Waals surface area contributed by atoms with Crippen molar-refractivity contribution in [2.75, 3.05) is 26.2 Å². The molecule has 4 N–H and O–H groups in total. The second-order valence-corrected chi connectivity index (χ2v) is 8.87. The molecular weight excluding hydrogens is 400 g/mol. The molecule has 0 radical (unpaired) electrons. The van der Waals surface area contributed by atoms with Crippen molar-refractivity contribution in [2.24, 2.45) is 11.7 Å². The minimum atomic E-state index is -3.71. The Kier molecular flexibility index (Phi) is 8.97. The largest absolute Gasteiger partial charge is 0.355 e. The lowest BCUT2D eigenvalue weighted by molar-refractivity contribution is -0.136. The van der Waals surface area contributed by atoms with Crippen LogP contribution in [0.2, 0.25) is 0 Å². The van der Waals surface area contributed by atoms with Gasteiger partial charge < -0.3 is 16.0 Å². The molecule has 0 spiro atoms. The first-order valence-electron chi connectivity index (χ1n) is 8.17. The van der Waals surface area contributed by atoms with Crippen LogP contribution in [0.5, 0.6) is 0 Å². The van der Waals surface area contributed by atoms with Gasteiger partial charge in [-0.3, -0.25) is 9.59 Å². The van der Waals surface area contributed by atoms with Gasteiger partial charge >= 0.3 is 0 Å². The van der Waals surface area contributed by atoms with Gasteiger partial charge in [-0.2, -0.15) is 4.72 Å². The van der Waals surface area contributed by atoms with E-state index in [1.54, 1.807) is 16.3 Å². The van der Waals surface area contributed by atoms with Gasteiger partial charge in [0.2, 0.25) is 11.8 Å². The monoisotopic (exact) mass is 424 g/mol. The van der Waals surface area contributed by atoms with E-state index in [0.29, 0.717) is 39.0 Å². The fourth-order valence-corrected chi connectivity index (χ4v) is 4.97. The summed E-state index contributed by atoms with van der Waals surface area (Å²) in [5.41, 5.74) is 5.38. The van der Waals surface area contributed by atoms with E-state index in [1.165, 1.54) is 13.0 Å². The standard InChI is InChI=1S/C15H24N4O4S2.ClH/c1-11(18-25(22,23)13-5-3-9-24-13)15(21)19-8-2-4-12(10-19)14(20)17-7-6-16;/h3,5,9,11-12,18H,2,4,6-8,10,16H2,1H3,(H,17,20);1H. The highest BCUT2D eigenvalue weighted by atomic mass is 35.5. The number of nitrogens with one attached hydrogen (secondary N) is 2. The second kappa shape index (κ2) is 10.2. The second-order valence-electron chi connectivity index (χ2n) is 5.98. The molecule has 2 amide bonds. The number of nitrogens with zero attached hydrogens (tertiary/aromatic N) is 1. The Morgan fingerprint density at radius 2 is 2.19 bits per heavy atom. The van der Waals surface area contributed by atoms with Crippen molar-refractivity contribution in [1.82, 2.24) is 14.9 Å². The molecule has 148 valence electrons. The lowest BCUT2D eigenvalue weighted by Gasteiger charge is -2.33. The SMILES string of the molecule is CC(NS(=O)(=O)c1cccs1)C(=O)N1CCCC(C(=O)NCCN)C1.Cl. The minimum Gasteiger partial charge on any atom is -0.355 e. The van der Waals surface area contributed by atoms with Crippen LogP contribution in [0.25, 0.3) is 0 Å². The van der Waals surface area contributed by atoms with Crippen LogP contribution in [0, 0.1) is 5.92 Å². The molecule has 0 aromatic carbocycles. The maximum atomic E-state index is 12.6. The molecule has 26 heavy (non-hydrogen) atoms. The van der Waals surface area contributed by atoms with Crippen molar-refractivity contribution in [1.29, 1.82) is 0 Å². The first kappa shape index (κ1) is 22.8. The molecule has 2 rings (SSSR count). The maximum Gasteiger partial charge on any atom is 0.250 e. The number of carbonyl (C=O) groups excluding carboxylic acids is 2. The van der Waals surface area contributed by atoms with Crippen molar-refractivity contribution in [3.05, 3.63) is 17.5 Å². The van der Waals surface area contributed by atoms with Gasteiger partial charge in [0.15, 0.2) is 0 Å². The summed E-state index contributed by atoms with van der Waals surface area (Å²) in [5.74, 6) is -0.725. The van der Waals surface area contributed by atoms with Gasteiger partial charge in [-0.15, -0.1) is 23.7 Å². The fourth-order valence-electron chi connectivity index (χ4n) is 2.76. The topological polar surface area (TPSA) is 122 Å². The van der Waals surface area contributed by atoms with Gasteiger partial charge in [-0.25, -0.2) is 8.42 Å². The Bertz CT molecular complexity index is 697. The number of piperidine rings is 1. The number of halogens is 1. The van der Waals surface area contributed by atoms with E-state index in [-0.39, 0.29) is 34.3 Å². The maximum absolute atomic E-state index is 12.6. The van der Waals surface area contributed by atoms with Gasteiger partial charge in [0.1, 0.15) is 4.21 Å². The highest BCUT2D eigenvalue weighted by Crippen LogP contribution is 2.19.